The average molecular weight is 274 g/mol. The summed E-state index contributed by atoms with van der Waals surface area (Å²) < 4.78 is 0. The normalized spacial score (nSPS) is 10.7. The van der Waals surface area contributed by atoms with E-state index in [4.69, 9.17) is 28.3 Å². The molecule has 0 fully saturated rings. The molecule has 0 atom stereocenters. The van der Waals surface area contributed by atoms with Crippen LogP contribution in [0.25, 0.3) is 11.3 Å². The van der Waals surface area contributed by atoms with Gasteiger partial charge in [-0.3, -0.25) is 0 Å². The zero-order valence-electron chi connectivity index (χ0n) is 8.28. The molecule has 0 aliphatic heterocycles. The molecule has 16 heavy (non-hydrogen) atoms. The number of benzene rings is 1. The third kappa shape index (κ3) is 2.38. The van der Waals surface area contributed by atoms with Gasteiger partial charge in [-0.05, 0) is 12.1 Å². The van der Waals surface area contributed by atoms with Crippen LogP contribution in [0.2, 0.25) is 10.0 Å². The molecule has 0 radical (unpaired) electrons. The van der Waals surface area contributed by atoms with E-state index >= 15 is 0 Å². The van der Waals surface area contributed by atoms with Crippen LogP contribution in [0.15, 0.2) is 23.7 Å². The minimum Gasteiger partial charge on any atom is -0.396 e. The highest BCUT2D eigenvalue weighted by atomic mass is 35.5. The molecule has 1 heterocycles. The topological polar surface area (TPSA) is 33.1 Å². The number of thiazole rings is 1. The highest BCUT2D eigenvalue weighted by Crippen LogP contribution is 2.31. The fourth-order valence-corrected chi connectivity index (χ4v) is 2.50. The maximum absolute atomic E-state index is 8.94. The van der Waals surface area contributed by atoms with Crippen LogP contribution < -0.4 is 0 Å². The molecule has 1 aromatic heterocycles. The van der Waals surface area contributed by atoms with E-state index in [0.717, 1.165) is 16.1 Å². The van der Waals surface area contributed by atoms with E-state index in [-0.39, 0.29) is 6.61 Å². The first-order valence-electron chi connectivity index (χ1n) is 4.71. The van der Waals surface area contributed by atoms with E-state index in [1.54, 1.807) is 17.6 Å². The summed E-state index contributed by atoms with van der Waals surface area (Å²) in [6, 6.07) is 5.42. The van der Waals surface area contributed by atoms with Gasteiger partial charge in [0, 0.05) is 23.5 Å². The van der Waals surface area contributed by atoms with Crippen LogP contribution in [-0.4, -0.2) is 16.7 Å². The summed E-state index contributed by atoms with van der Waals surface area (Å²) in [4.78, 5) is 5.34. The zero-order chi connectivity index (χ0) is 11.5. The second-order valence-corrected chi connectivity index (χ2v) is 4.98. The number of hydrogen-bond donors (Lipinski definition) is 1. The molecule has 1 N–H and O–H groups in total. The summed E-state index contributed by atoms with van der Waals surface area (Å²) in [6.07, 6.45) is 0.611. The van der Waals surface area contributed by atoms with E-state index < -0.39 is 0 Å². The molecule has 0 aliphatic carbocycles. The Morgan fingerprint density at radius 3 is 2.75 bits per heavy atom. The van der Waals surface area contributed by atoms with Gasteiger partial charge in [0.25, 0.3) is 0 Å². The molecule has 0 saturated heterocycles. The van der Waals surface area contributed by atoms with Crippen LogP contribution in [0.5, 0.6) is 0 Å². The Balaban J connectivity index is 2.42. The van der Waals surface area contributed by atoms with Gasteiger partial charge < -0.3 is 5.11 Å². The number of halogens is 2. The van der Waals surface area contributed by atoms with Crippen LogP contribution in [0.4, 0.5) is 0 Å². The Bertz CT molecular complexity index is 498. The first kappa shape index (κ1) is 11.9. The lowest BCUT2D eigenvalue weighted by atomic mass is 10.1. The lowest BCUT2D eigenvalue weighted by Gasteiger charge is -2.03. The van der Waals surface area contributed by atoms with Crippen LogP contribution in [0.3, 0.4) is 0 Å². The van der Waals surface area contributed by atoms with Gasteiger partial charge in [-0.25, -0.2) is 4.98 Å². The van der Waals surface area contributed by atoms with E-state index in [0.29, 0.717) is 16.5 Å². The molecule has 2 aromatic rings. The minimum absolute atomic E-state index is 0.122. The molecular weight excluding hydrogens is 265 g/mol. The summed E-state index contributed by atoms with van der Waals surface area (Å²) >= 11 is 13.3. The van der Waals surface area contributed by atoms with Gasteiger partial charge in [-0.2, -0.15) is 0 Å². The highest BCUT2D eigenvalue weighted by Gasteiger charge is 2.09. The molecule has 0 amide bonds. The van der Waals surface area contributed by atoms with Gasteiger partial charge in [-0.1, -0.05) is 29.3 Å². The maximum atomic E-state index is 8.94. The summed E-state index contributed by atoms with van der Waals surface area (Å²) in [7, 11) is 0. The Morgan fingerprint density at radius 1 is 1.25 bits per heavy atom. The fourth-order valence-electron chi connectivity index (χ4n) is 1.43. The van der Waals surface area contributed by atoms with Gasteiger partial charge in [0.2, 0.25) is 0 Å². The predicted octanol–water partition coefficient (Wildman–Crippen LogP) is 3.65. The Labute approximate surface area is 107 Å². The quantitative estimate of drug-likeness (QED) is 0.926. The van der Waals surface area contributed by atoms with Gasteiger partial charge in [0.1, 0.15) is 0 Å². The zero-order valence-corrected chi connectivity index (χ0v) is 10.6. The SMILES string of the molecule is OCCc1scnc1-c1ccc(Cl)c(Cl)c1. The number of nitrogens with zero attached hydrogens (tertiary/aromatic N) is 1. The second-order valence-electron chi connectivity index (χ2n) is 3.23. The van der Waals surface area contributed by atoms with Crippen LogP contribution in [-0.2, 0) is 6.42 Å². The van der Waals surface area contributed by atoms with E-state index in [1.165, 1.54) is 11.3 Å². The second kappa shape index (κ2) is 5.15. The van der Waals surface area contributed by atoms with Gasteiger partial charge in [0.05, 0.1) is 21.2 Å². The standard InChI is InChI=1S/C11H9Cl2NOS/c12-8-2-1-7(5-9(8)13)11-10(3-4-15)16-6-14-11/h1-2,5-6,15H,3-4H2. The molecule has 0 saturated carbocycles. The predicted molar refractivity (Wildman–Crippen MR) is 68.4 cm³/mol. The summed E-state index contributed by atoms with van der Waals surface area (Å²) in [5, 5.41) is 9.99. The lowest BCUT2D eigenvalue weighted by Crippen LogP contribution is -1.90. The molecule has 5 heteroatoms. The van der Waals surface area contributed by atoms with Crippen molar-refractivity contribution in [3.8, 4) is 11.3 Å². The Morgan fingerprint density at radius 2 is 2.06 bits per heavy atom. The third-order valence-corrected chi connectivity index (χ3v) is 3.80. The minimum atomic E-state index is 0.122. The summed E-state index contributed by atoms with van der Waals surface area (Å²) in [5.74, 6) is 0. The van der Waals surface area contributed by atoms with Crippen molar-refractivity contribution in [1.29, 1.82) is 0 Å². The monoisotopic (exact) mass is 273 g/mol. The Hall–Kier alpha value is -0.610. The lowest BCUT2D eigenvalue weighted by molar-refractivity contribution is 0.300. The molecule has 0 bridgehead atoms. The number of aliphatic hydroxyl groups is 1. The molecule has 0 aliphatic rings. The van der Waals surface area contributed by atoms with Crippen molar-refractivity contribution in [2.24, 2.45) is 0 Å². The molecular formula is C11H9Cl2NOS. The van der Waals surface area contributed by atoms with E-state index in [1.807, 2.05) is 6.07 Å². The number of rotatable bonds is 3. The van der Waals surface area contributed by atoms with Crippen molar-refractivity contribution in [2.75, 3.05) is 6.61 Å². The van der Waals surface area contributed by atoms with Gasteiger partial charge in [0.15, 0.2) is 0 Å². The van der Waals surface area contributed by atoms with E-state index in [9.17, 15) is 0 Å². The van der Waals surface area contributed by atoms with Gasteiger partial charge in [-0.15, -0.1) is 11.3 Å². The molecule has 1 aromatic carbocycles. The van der Waals surface area contributed by atoms with Crippen molar-refractivity contribution in [1.82, 2.24) is 4.98 Å². The van der Waals surface area contributed by atoms with Crippen LogP contribution in [0, 0.1) is 0 Å². The number of aromatic nitrogens is 1. The van der Waals surface area contributed by atoms with Gasteiger partial charge >= 0.3 is 0 Å². The first-order chi connectivity index (χ1) is 7.72. The largest absolute Gasteiger partial charge is 0.396 e. The molecule has 2 rings (SSSR count). The van der Waals surface area contributed by atoms with Crippen molar-refractivity contribution < 1.29 is 5.11 Å². The van der Waals surface area contributed by atoms with Crippen LogP contribution >= 0.6 is 34.5 Å². The third-order valence-electron chi connectivity index (χ3n) is 2.17. The molecule has 0 unspecified atom stereocenters. The molecule has 0 spiro atoms. The van der Waals surface area contributed by atoms with Crippen molar-refractivity contribution >= 4 is 34.5 Å². The van der Waals surface area contributed by atoms with E-state index in [2.05, 4.69) is 4.98 Å². The Kier molecular flexibility index (Phi) is 3.82. The van der Waals surface area contributed by atoms with Crippen molar-refractivity contribution in [3.05, 3.63) is 38.6 Å². The molecule has 84 valence electrons. The van der Waals surface area contributed by atoms with Crippen LogP contribution in [0.1, 0.15) is 4.88 Å². The van der Waals surface area contributed by atoms with Crippen molar-refractivity contribution in [3.63, 3.8) is 0 Å². The smallest absolute Gasteiger partial charge is 0.0844 e. The molecule has 2 nitrogen and oxygen atoms in total. The maximum Gasteiger partial charge on any atom is 0.0844 e. The summed E-state index contributed by atoms with van der Waals surface area (Å²) in [5.41, 5.74) is 3.57. The first-order valence-corrected chi connectivity index (χ1v) is 6.34. The number of hydrogen-bond acceptors (Lipinski definition) is 3. The highest BCUT2D eigenvalue weighted by molar-refractivity contribution is 7.10. The number of aliphatic hydroxyl groups excluding tert-OH is 1. The summed E-state index contributed by atoms with van der Waals surface area (Å²) in [6.45, 7) is 0.122. The fraction of sp³-hybridized carbons (Fsp3) is 0.182. The average Bonchev–Trinajstić information content (AvgIpc) is 2.71. The van der Waals surface area contributed by atoms with Crippen molar-refractivity contribution in [2.45, 2.75) is 6.42 Å².